The highest BCUT2D eigenvalue weighted by atomic mass is 16.3. The number of rotatable bonds is 3. The van der Waals surface area contributed by atoms with Crippen LogP contribution in [0.25, 0.3) is 0 Å². The zero-order chi connectivity index (χ0) is 10.7. The maximum absolute atomic E-state index is 8.92. The summed E-state index contributed by atoms with van der Waals surface area (Å²) in [6.07, 6.45) is 1.11. The Morgan fingerprint density at radius 2 is 1.93 bits per heavy atom. The minimum Gasteiger partial charge on any atom is -0.392 e. The number of likely N-dealkylation sites (tertiary alicyclic amines) is 1. The normalized spacial score (nSPS) is 22.1. The van der Waals surface area contributed by atoms with Crippen LogP contribution in [0.3, 0.4) is 0 Å². The predicted molar refractivity (Wildman–Crippen MR) is 60.2 cm³/mol. The maximum Gasteiger partial charge on any atom is 0.0681 e. The molecule has 3 nitrogen and oxygen atoms in total. The van der Waals surface area contributed by atoms with Crippen molar-refractivity contribution in [1.29, 1.82) is 0 Å². The molecule has 15 heavy (non-hydrogen) atoms. The molecule has 0 spiro atoms. The highest BCUT2D eigenvalue weighted by Crippen LogP contribution is 2.12. The Balaban J connectivity index is 1.93. The predicted octanol–water partition coefficient (Wildman–Crippen LogP) is 0.712. The molecule has 0 saturated carbocycles. The van der Waals surface area contributed by atoms with Gasteiger partial charge in [-0.1, -0.05) is 24.3 Å². The van der Waals surface area contributed by atoms with E-state index in [0.29, 0.717) is 6.04 Å². The average molecular weight is 206 g/mol. The third-order valence-corrected chi connectivity index (χ3v) is 2.92. The average Bonchev–Trinajstić information content (AvgIpc) is 2.65. The first kappa shape index (κ1) is 10.6. The summed E-state index contributed by atoms with van der Waals surface area (Å²) in [5.74, 6) is 0. The summed E-state index contributed by atoms with van der Waals surface area (Å²) in [5.41, 5.74) is 8.11. The van der Waals surface area contributed by atoms with E-state index in [-0.39, 0.29) is 6.61 Å². The topological polar surface area (TPSA) is 49.5 Å². The molecule has 1 aliphatic rings. The van der Waals surface area contributed by atoms with Crippen LogP contribution in [0.4, 0.5) is 0 Å². The molecule has 0 bridgehead atoms. The van der Waals surface area contributed by atoms with Crippen LogP contribution in [0.5, 0.6) is 0 Å². The lowest BCUT2D eigenvalue weighted by atomic mass is 10.1. The fraction of sp³-hybridized carbons (Fsp3) is 0.500. The lowest BCUT2D eigenvalue weighted by Crippen LogP contribution is -2.26. The molecule has 1 aliphatic heterocycles. The van der Waals surface area contributed by atoms with Gasteiger partial charge in [0.2, 0.25) is 0 Å². The summed E-state index contributed by atoms with van der Waals surface area (Å²) in [4.78, 5) is 2.37. The smallest absolute Gasteiger partial charge is 0.0681 e. The van der Waals surface area contributed by atoms with Crippen molar-refractivity contribution in [2.45, 2.75) is 25.6 Å². The van der Waals surface area contributed by atoms with Crippen LogP contribution in [0.2, 0.25) is 0 Å². The third-order valence-electron chi connectivity index (χ3n) is 2.92. The van der Waals surface area contributed by atoms with Crippen molar-refractivity contribution in [1.82, 2.24) is 4.90 Å². The maximum atomic E-state index is 8.92. The Hall–Kier alpha value is -0.900. The molecule has 0 unspecified atom stereocenters. The van der Waals surface area contributed by atoms with Crippen molar-refractivity contribution < 1.29 is 5.11 Å². The largest absolute Gasteiger partial charge is 0.392 e. The highest BCUT2D eigenvalue weighted by Gasteiger charge is 2.18. The molecule has 1 heterocycles. The third kappa shape index (κ3) is 2.78. The molecule has 0 amide bonds. The van der Waals surface area contributed by atoms with Crippen LogP contribution in [0.1, 0.15) is 17.5 Å². The van der Waals surface area contributed by atoms with Gasteiger partial charge in [0.1, 0.15) is 0 Å². The summed E-state index contributed by atoms with van der Waals surface area (Å²) in [6.45, 7) is 3.19. The molecule has 2 rings (SSSR count). The van der Waals surface area contributed by atoms with Crippen molar-refractivity contribution in [2.24, 2.45) is 5.73 Å². The number of nitrogens with zero attached hydrogens (tertiary/aromatic N) is 1. The molecule has 3 N–H and O–H groups in total. The first-order valence-corrected chi connectivity index (χ1v) is 5.44. The van der Waals surface area contributed by atoms with E-state index >= 15 is 0 Å². The lowest BCUT2D eigenvalue weighted by Gasteiger charge is -2.15. The molecule has 1 atom stereocenters. The molecule has 0 aliphatic carbocycles. The van der Waals surface area contributed by atoms with E-state index in [1.165, 1.54) is 5.56 Å². The molecule has 82 valence electrons. The second kappa shape index (κ2) is 4.75. The van der Waals surface area contributed by atoms with E-state index < -0.39 is 0 Å². The Bertz CT molecular complexity index is 310. The van der Waals surface area contributed by atoms with E-state index in [4.69, 9.17) is 10.8 Å². The molecule has 1 aromatic rings. The van der Waals surface area contributed by atoms with Crippen LogP contribution in [0, 0.1) is 0 Å². The van der Waals surface area contributed by atoms with E-state index in [9.17, 15) is 0 Å². The van der Waals surface area contributed by atoms with E-state index in [1.807, 2.05) is 12.1 Å². The van der Waals surface area contributed by atoms with Gasteiger partial charge < -0.3 is 10.8 Å². The zero-order valence-corrected chi connectivity index (χ0v) is 8.89. The Kier molecular flexibility index (Phi) is 3.36. The van der Waals surface area contributed by atoms with Gasteiger partial charge in [-0.2, -0.15) is 0 Å². The summed E-state index contributed by atoms with van der Waals surface area (Å²) in [7, 11) is 0. The Morgan fingerprint density at radius 1 is 1.27 bits per heavy atom. The fourth-order valence-electron chi connectivity index (χ4n) is 2.01. The van der Waals surface area contributed by atoms with E-state index in [0.717, 1.165) is 31.6 Å². The lowest BCUT2D eigenvalue weighted by molar-refractivity contribution is 0.281. The van der Waals surface area contributed by atoms with Crippen molar-refractivity contribution in [2.75, 3.05) is 13.1 Å². The molecular formula is C12H18N2O. The number of aliphatic hydroxyl groups is 1. The summed E-state index contributed by atoms with van der Waals surface area (Å²) < 4.78 is 0. The van der Waals surface area contributed by atoms with Crippen LogP contribution in [-0.2, 0) is 13.2 Å². The van der Waals surface area contributed by atoms with Crippen LogP contribution >= 0.6 is 0 Å². The van der Waals surface area contributed by atoms with E-state index in [1.54, 1.807) is 0 Å². The summed E-state index contributed by atoms with van der Waals surface area (Å²) in [5, 5.41) is 8.92. The van der Waals surface area contributed by atoms with Crippen molar-refractivity contribution in [3.63, 3.8) is 0 Å². The number of hydrogen-bond acceptors (Lipinski definition) is 3. The molecule has 0 aromatic heterocycles. The molecule has 1 fully saturated rings. The number of nitrogens with two attached hydrogens (primary N) is 1. The van der Waals surface area contributed by atoms with Gasteiger partial charge in [-0.15, -0.1) is 0 Å². The quantitative estimate of drug-likeness (QED) is 0.766. The summed E-state index contributed by atoms with van der Waals surface area (Å²) >= 11 is 0. The first-order valence-electron chi connectivity index (χ1n) is 5.44. The number of aliphatic hydroxyl groups excluding tert-OH is 1. The van der Waals surface area contributed by atoms with Crippen LogP contribution in [-0.4, -0.2) is 29.1 Å². The standard InChI is InChI=1S/C12H18N2O/c13-12-5-6-14(8-12)7-10-1-3-11(9-15)4-2-10/h1-4,12,15H,5-9,13H2/t12-/m1/s1. The van der Waals surface area contributed by atoms with Crippen molar-refractivity contribution >= 4 is 0 Å². The number of benzene rings is 1. The second-order valence-electron chi connectivity index (χ2n) is 4.26. The molecule has 1 aromatic carbocycles. The second-order valence-corrected chi connectivity index (χ2v) is 4.26. The van der Waals surface area contributed by atoms with Gasteiger partial charge in [0.15, 0.2) is 0 Å². The number of hydrogen-bond donors (Lipinski definition) is 2. The van der Waals surface area contributed by atoms with Gasteiger partial charge >= 0.3 is 0 Å². The zero-order valence-electron chi connectivity index (χ0n) is 8.89. The minimum absolute atomic E-state index is 0.120. The Labute approximate surface area is 90.5 Å². The van der Waals surface area contributed by atoms with Crippen molar-refractivity contribution in [3.8, 4) is 0 Å². The minimum atomic E-state index is 0.120. The fourth-order valence-corrected chi connectivity index (χ4v) is 2.01. The first-order chi connectivity index (χ1) is 7.28. The molecule has 3 heteroatoms. The Morgan fingerprint density at radius 3 is 2.47 bits per heavy atom. The van der Waals surface area contributed by atoms with Gasteiger partial charge in [0.05, 0.1) is 6.61 Å². The van der Waals surface area contributed by atoms with Gasteiger partial charge in [-0.05, 0) is 17.5 Å². The van der Waals surface area contributed by atoms with Gasteiger partial charge in [-0.3, -0.25) is 4.90 Å². The SMILES string of the molecule is N[C@@H]1CCN(Cc2ccc(CO)cc2)C1. The highest BCUT2D eigenvalue weighted by molar-refractivity contribution is 5.22. The van der Waals surface area contributed by atoms with Gasteiger partial charge in [0, 0.05) is 25.7 Å². The van der Waals surface area contributed by atoms with Gasteiger partial charge in [-0.25, -0.2) is 0 Å². The van der Waals surface area contributed by atoms with Gasteiger partial charge in [0.25, 0.3) is 0 Å². The van der Waals surface area contributed by atoms with Crippen LogP contribution < -0.4 is 5.73 Å². The monoisotopic (exact) mass is 206 g/mol. The molecular weight excluding hydrogens is 188 g/mol. The van der Waals surface area contributed by atoms with Crippen molar-refractivity contribution in [3.05, 3.63) is 35.4 Å². The molecule has 0 radical (unpaired) electrons. The van der Waals surface area contributed by atoms with E-state index in [2.05, 4.69) is 17.0 Å². The van der Waals surface area contributed by atoms with Crippen LogP contribution in [0.15, 0.2) is 24.3 Å². The summed E-state index contributed by atoms with van der Waals surface area (Å²) in [6, 6.07) is 8.46. The molecule has 1 saturated heterocycles.